The van der Waals surface area contributed by atoms with Gasteiger partial charge in [-0.15, -0.1) is 0 Å². The smallest absolute Gasteiger partial charge is 0.263 e. The van der Waals surface area contributed by atoms with Gasteiger partial charge in [0.1, 0.15) is 6.33 Å². The molecule has 0 fully saturated rings. The van der Waals surface area contributed by atoms with Crippen molar-refractivity contribution in [2.24, 2.45) is 0 Å². The molecule has 63 valence electrons. The van der Waals surface area contributed by atoms with Crippen LogP contribution < -0.4 is 0 Å². The fraction of sp³-hybridized carbons (Fsp3) is 0. The first-order valence-corrected chi connectivity index (χ1v) is 3.87. The Morgan fingerprint density at radius 2 is 2.15 bits per heavy atom. The third-order valence-corrected chi connectivity index (χ3v) is 1.70. The Bertz CT molecular complexity index is 392. The summed E-state index contributed by atoms with van der Waals surface area (Å²) in [5.74, 6) is -0.0773. The predicted molar refractivity (Wildman–Crippen MR) is 47.2 cm³/mol. The number of hydrogen-bond donors (Lipinski definition) is 0. The van der Waals surface area contributed by atoms with E-state index in [1.54, 1.807) is 36.7 Å². The molecule has 2 rings (SSSR count). The second kappa shape index (κ2) is 3.23. The standard InChI is InChI=1S/C10H7N2O/c13-10(12-7-6-11-8-12)9-4-2-1-3-5-9/h2-8H. The van der Waals surface area contributed by atoms with Crippen molar-refractivity contribution in [3.05, 3.63) is 54.6 Å². The van der Waals surface area contributed by atoms with E-state index < -0.39 is 0 Å². The number of carbonyl (C=O) groups is 1. The van der Waals surface area contributed by atoms with Crippen molar-refractivity contribution in [3.63, 3.8) is 0 Å². The largest absolute Gasteiger partial charge is 0.272 e. The maximum atomic E-state index is 11.6. The van der Waals surface area contributed by atoms with Gasteiger partial charge in [-0.3, -0.25) is 9.36 Å². The second-order valence-corrected chi connectivity index (χ2v) is 2.56. The summed E-state index contributed by atoms with van der Waals surface area (Å²) in [5.41, 5.74) is 0.636. The van der Waals surface area contributed by atoms with Crippen molar-refractivity contribution >= 4 is 5.91 Å². The molecule has 0 amide bonds. The molecule has 1 aromatic carbocycles. The molecule has 3 nitrogen and oxygen atoms in total. The van der Waals surface area contributed by atoms with Crippen LogP contribution in [-0.2, 0) is 0 Å². The van der Waals surface area contributed by atoms with Crippen LogP contribution in [0.1, 0.15) is 10.4 Å². The van der Waals surface area contributed by atoms with Crippen molar-refractivity contribution < 1.29 is 4.79 Å². The Morgan fingerprint density at radius 3 is 2.77 bits per heavy atom. The number of aromatic nitrogens is 2. The van der Waals surface area contributed by atoms with E-state index in [9.17, 15) is 4.79 Å². The second-order valence-electron chi connectivity index (χ2n) is 2.56. The lowest BCUT2D eigenvalue weighted by Crippen LogP contribution is -2.09. The van der Waals surface area contributed by atoms with Gasteiger partial charge in [0.2, 0.25) is 0 Å². The van der Waals surface area contributed by atoms with Crippen LogP contribution in [0.3, 0.4) is 0 Å². The molecule has 0 saturated heterocycles. The molecule has 0 aliphatic carbocycles. The Morgan fingerprint density at radius 1 is 1.38 bits per heavy atom. The summed E-state index contributed by atoms with van der Waals surface area (Å²) in [7, 11) is 0. The van der Waals surface area contributed by atoms with E-state index in [1.165, 1.54) is 10.9 Å². The molecule has 2 aromatic rings. The SMILES string of the molecule is O=C(c1cc[c]cc1)n1ccnc1. The van der Waals surface area contributed by atoms with Crippen molar-refractivity contribution in [1.29, 1.82) is 0 Å². The average molecular weight is 171 g/mol. The molecule has 0 atom stereocenters. The van der Waals surface area contributed by atoms with E-state index in [0.29, 0.717) is 5.56 Å². The number of hydrogen-bond acceptors (Lipinski definition) is 2. The van der Waals surface area contributed by atoms with E-state index in [0.717, 1.165) is 0 Å². The summed E-state index contributed by atoms with van der Waals surface area (Å²) in [6.45, 7) is 0. The summed E-state index contributed by atoms with van der Waals surface area (Å²) in [5, 5.41) is 0. The van der Waals surface area contributed by atoms with E-state index in [-0.39, 0.29) is 5.91 Å². The topological polar surface area (TPSA) is 34.9 Å². The Kier molecular flexibility index (Phi) is 1.92. The zero-order valence-electron chi connectivity index (χ0n) is 6.84. The van der Waals surface area contributed by atoms with Gasteiger partial charge < -0.3 is 0 Å². The van der Waals surface area contributed by atoms with Crippen LogP contribution in [0.15, 0.2) is 43.0 Å². The van der Waals surface area contributed by atoms with Crippen LogP contribution in [-0.4, -0.2) is 15.5 Å². The highest BCUT2D eigenvalue weighted by molar-refractivity contribution is 5.95. The summed E-state index contributed by atoms with van der Waals surface area (Å²) >= 11 is 0. The number of imidazole rings is 1. The quantitative estimate of drug-likeness (QED) is 0.649. The van der Waals surface area contributed by atoms with Gasteiger partial charge in [-0.25, -0.2) is 4.98 Å². The van der Waals surface area contributed by atoms with Gasteiger partial charge in [0.15, 0.2) is 0 Å². The Hall–Kier alpha value is -1.90. The first kappa shape index (κ1) is 7.73. The molecule has 1 heterocycles. The van der Waals surface area contributed by atoms with Gasteiger partial charge in [-0.2, -0.15) is 0 Å². The number of nitrogens with zero attached hydrogens (tertiary/aromatic N) is 2. The first-order valence-electron chi connectivity index (χ1n) is 3.87. The zero-order chi connectivity index (χ0) is 9.10. The average Bonchev–Trinajstić information content (AvgIpc) is 2.71. The predicted octanol–water partition coefficient (Wildman–Crippen LogP) is 1.37. The minimum Gasteiger partial charge on any atom is -0.272 e. The highest BCUT2D eigenvalue weighted by Crippen LogP contribution is 2.01. The number of benzene rings is 1. The lowest BCUT2D eigenvalue weighted by molar-refractivity contribution is 0.0960. The van der Waals surface area contributed by atoms with Gasteiger partial charge in [0.25, 0.3) is 5.91 Å². The van der Waals surface area contributed by atoms with E-state index in [2.05, 4.69) is 11.1 Å². The van der Waals surface area contributed by atoms with Crippen LogP contribution >= 0.6 is 0 Å². The normalized spacial score (nSPS) is 9.85. The van der Waals surface area contributed by atoms with Crippen LogP contribution in [0.5, 0.6) is 0 Å². The molecule has 0 spiro atoms. The van der Waals surface area contributed by atoms with Gasteiger partial charge in [0, 0.05) is 18.0 Å². The highest BCUT2D eigenvalue weighted by Gasteiger charge is 2.05. The lowest BCUT2D eigenvalue weighted by atomic mass is 10.2. The minimum atomic E-state index is -0.0773. The number of carbonyl (C=O) groups excluding carboxylic acids is 1. The summed E-state index contributed by atoms with van der Waals surface area (Å²) in [4.78, 5) is 15.4. The third kappa shape index (κ3) is 1.49. The van der Waals surface area contributed by atoms with Crippen molar-refractivity contribution in [1.82, 2.24) is 9.55 Å². The van der Waals surface area contributed by atoms with Crippen molar-refractivity contribution in [2.75, 3.05) is 0 Å². The molecule has 0 aliphatic heterocycles. The summed E-state index contributed by atoms with van der Waals surface area (Å²) in [6.07, 6.45) is 4.69. The third-order valence-electron chi connectivity index (χ3n) is 1.70. The minimum absolute atomic E-state index is 0.0773. The maximum absolute atomic E-state index is 11.6. The van der Waals surface area contributed by atoms with E-state index in [4.69, 9.17) is 0 Å². The van der Waals surface area contributed by atoms with E-state index >= 15 is 0 Å². The molecule has 1 aromatic heterocycles. The molecular weight excluding hydrogens is 164 g/mol. The van der Waals surface area contributed by atoms with Crippen molar-refractivity contribution in [2.45, 2.75) is 0 Å². The lowest BCUT2D eigenvalue weighted by Gasteiger charge is -1.98. The zero-order valence-corrected chi connectivity index (χ0v) is 6.84. The Balaban J connectivity index is 2.34. The molecular formula is C10H7N2O. The monoisotopic (exact) mass is 171 g/mol. The molecule has 0 aliphatic rings. The molecule has 0 N–H and O–H groups in total. The van der Waals surface area contributed by atoms with Gasteiger partial charge >= 0.3 is 0 Å². The van der Waals surface area contributed by atoms with Crippen molar-refractivity contribution in [3.8, 4) is 0 Å². The van der Waals surface area contributed by atoms with Gasteiger partial charge in [-0.1, -0.05) is 12.1 Å². The Labute approximate surface area is 75.7 Å². The van der Waals surface area contributed by atoms with Gasteiger partial charge in [-0.05, 0) is 18.2 Å². The molecule has 0 saturated carbocycles. The van der Waals surface area contributed by atoms with Crippen LogP contribution in [0.25, 0.3) is 0 Å². The fourth-order valence-corrected chi connectivity index (χ4v) is 1.06. The van der Waals surface area contributed by atoms with Crippen LogP contribution in [0, 0.1) is 6.07 Å². The van der Waals surface area contributed by atoms with Gasteiger partial charge in [0.05, 0.1) is 0 Å². The first-order chi connectivity index (χ1) is 6.38. The molecule has 13 heavy (non-hydrogen) atoms. The highest BCUT2D eigenvalue weighted by atomic mass is 16.2. The number of rotatable bonds is 1. The van der Waals surface area contributed by atoms with Crippen LogP contribution in [0.2, 0.25) is 0 Å². The summed E-state index contributed by atoms with van der Waals surface area (Å²) < 4.78 is 1.44. The summed E-state index contributed by atoms with van der Waals surface area (Å²) in [6, 6.07) is 9.73. The van der Waals surface area contributed by atoms with Crippen LogP contribution in [0.4, 0.5) is 0 Å². The molecule has 1 radical (unpaired) electrons. The molecule has 0 unspecified atom stereocenters. The molecule has 3 heteroatoms. The van der Waals surface area contributed by atoms with E-state index in [1.807, 2.05) is 0 Å². The maximum Gasteiger partial charge on any atom is 0.263 e. The fourth-order valence-electron chi connectivity index (χ4n) is 1.06. The molecule has 0 bridgehead atoms.